The summed E-state index contributed by atoms with van der Waals surface area (Å²) in [4.78, 5) is 0. The summed E-state index contributed by atoms with van der Waals surface area (Å²) in [6, 6.07) is 11.0. The number of benzene rings is 2. The molecule has 0 atom stereocenters. The molecule has 6 heteroatoms. The highest BCUT2D eigenvalue weighted by Crippen LogP contribution is 2.14. The first kappa shape index (κ1) is 15.2. The van der Waals surface area contributed by atoms with Gasteiger partial charge < -0.3 is 15.4 Å². The van der Waals surface area contributed by atoms with Gasteiger partial charge in [0.15, 0.2) is 16.7 Å². The Labute approximate surface area is 126 Å². The van der Waals surface area contributed by atoms with Crippen molar-refractivity contribution >= 4 is 23.0 Å². The van der Waals surface area contributed by atoms with E-state index in [1.165, 1.54) is 6.07 Å². The molecule has 0 aliphatic carbocycles. The van der Waals surface area contributed by atoms with E-state index in [2.05, 4.69) is 10.6 Å². The van der Waals surface area contributed by atoms with Gasteiger partial charge in [0.2, 0.25) is 0 Å². The smallest absolute Gasteiger partial charge is 0.171 e. The summed E-state index contributed by atoms with van der Waals surface area (Å²) in [5.74, 6) is -1.06. The lowest BCUT2D eigenvalue weighted by Gasteiger charge is -2.11. The highest BCUT2D eigenvalue weighted by atomic mass is 32.1. The summed E-state index contributed by atoms with van der Waals surface area (Å²) in [5.41, 5.74) is 1.38. The first-order chi connectivity index (χ1) is 10.1. The maximum Gasteiger partial charge on any atom is 0.171 e. The SMILES string of the molecule is COc1cccc(CNC(=S)Nc2ccc(F)c(F)c2)c1. The van der Waals surface area contributed by atoms with Gasteiger partial charge in [0.25, 0.3) is 0 Å². The Bertz CT molecular complexity index is 649. The monoisotopic (exact) mass is 308 g/mol. The van der Waals surface area contributed by atoms with E-state index in [0.29, 0.717) is 17.3 Å². The van der Waals surface area contributed by atoms with Gasteiger partial charge >= 0.3 is 0 Å². The van der Waals surface area contributed by atoms with E-state index in [9.17, 15) is 8.78 Å². The van der Waals surface area contributed by atoms with Crippen LogP contribution in [0, 0.1) is 11.6 Å². The van der Waals surface area contributed by atoms with Gasteiger partial charge in [0.05, 0.1) is 7.11 Å². The minimum atomic E-state index is -0.921. The van der Waals surface area contributed by atoms with Crippen molar-refractivity contribution in [3.05, 3.63) is 59.7 Å². The predicted molar refractivity (Wildman–Crippen MR) is 82.4 cm³/mol. The summed E-state index contributed by atoms with van der Waals surface area (Å²) in [6.45, 7) is 0.493. The molecule has 0 spiro atoms. The third-order valence-electron chi connectivity index (χ3n) is 2.76. The van der Waals surface area contributed by atoms with Crippen LogP contribution in [0.4, 0.5) is 14.5 Å². The number of anilines is 1. The van der Waals surface area contributed by atoms with Gasteiger partial charge in [-0.2, -0.15) is 0 Å². The molecule has 0 saturated heterocycles. The van der Waals surface area contributed by atoms with Gasteiger partial charge in [-0.15, -0.1) is 0 Å². The van der Waals surface area contributed by atoms with Crippen LogP contribution in [0.25, 0.3) is 0 Å². The van der Waals surface area contributed by atoms with Gasteiger partial charge in [-0.25, -0.2) is 8.78 Å². The molecule has 0 aromatic heterocycles. The Kier molecular flexibility index (Phi) is 5.05. The minimum Gasteiger partial charge on any atom is -0.497 e. The lowest BCUT2D eigenvalue weighted by atomic mass is 10.2. The van der Waals surface area contributed by atoms with Gasteiger partial charge in [-0.3, -0.25) is 0 Å². The van der Waals surface area contributed by atoms with Crippen molar-refractivity contribution < 1.29 is 13.5 Å². The molecule has 3 nitrogen and oxygen atoms in total. The average molecular weight is 308 g/mol. The molecule has 0 amide bonds. The third-order valence-corrected chi connectivity index (χ3v) is 3.01. The number of hydrogen-bond acceptors (Lipinski definition) is 2. The summed E-state index contributed by atoms with van der Waals surface area (Å²) in [6.07, 6.45) is 0. The topological polar surface area (TPSA) is 33.3 Å². The Morgan fingerprint density at radius 3 is 2.67 bits per heavy atom. The molecule has 0 radical (unpaired) electrons. The van der Waals surface area contributed by atoms with E-state index in [4.69, 9.17) is 17.0 Å². The number of halogens is 2. The zero-order valence-corrected chi connectivity index (χ0v) is 12.1. The fourth-order valence-electron chi connectivity index (χ4n) is 1.71. The first-order valence-electron chi connectivity index (χ1n) is 6.21. The van der Waals surface area contributed by atoms with Crippen LogP contribution in [0.3, 0.4) is 0 Å². The van der Waals surface area contributed by atoms with Crippen molar-refractivity contribution in [1.82, 2.24) is 5.32 Å². The largest absolute Gasteiger partial charge is 0.497 e. The molecule has 0 unspecified atom stereocenters. The Hall–Kier alpha value is -2.21. The Morgan fingerprint density at radius 1 is 1.14 bits per heavy atom. The third kappa shape index (κ3) is 4.39. The van der Waals surface area contributed by atoms with E-state index < -0.39 is 11.6 Å². The molecule has 2 aromatic rings. The molecule has 0 saturated carbocycles. The van der Waals surface area contributed by atoms with Crippen molar-refractivity contribution in [2.24, 2.45) is 0 Å². The standard InChI is InChI=1S/C15H14F2N2OS/c1-20-12-4-2-3-10(7-12)9-18-15(21)19-11-5-6-13(16)14(17)8-11/h2-8H,9H2,1H3,(H2,18,19,21). The number of thiocarbonyl (C=S) groups is 1. The molecule has 0 aliphatic rings. The van der Waals surface area contributed by atoms with Gasteiger partial charge in [-0.05, 0) is 42.0 Å². The lowest BCUT2D eigenvalue weighted by molar-refractivity contribution is 0.414. The van der Waals surface area contributed by atoms with Crippen LogP contribution in [-0.4, -0.2) is 12.2 Å². The lowest BCUT2D eigenvalue weighted by Crippen LogP contribution is -2.27. The summed E-state index contributed by atoms with van der Waals surface area (Å²) in [5, 5.41) is 6.10. The van der Waals surface area contributed by atoms with Crippen molar-refractivity contribution in [3.63, 3.8) is 0 Å². The minimum absolute atomic E-state index is 0.323. The van der Waals surface area contributed by atoms with Crippen LogP contribution in [0.15, 0.2) is 42.5 Å². The summed E-state index contributed by atoms with van der Waals surface area (Å²) in [7, 11) is 1.60. The summed E-state index contributed by atoms with van der Waals surface area (Å²) < 4.78 is 31.0. The van der Waals surface area contributed by atoms with Crippen LogP contribution < -0.4 is 15.4 Å². The molecule has 21 heavy (non-hydrogen) atoms. The Balaban J connectivity index is 1.91. The number of rotatable bonds is 4. The van der Waals surface area contributed by atoms with E-state index >= 15 is 0 Å². The second-order valence-corrected chi connectivity index (χ2v) is 4.70. The van der Waals surface area contributed by atoms with Gasteiger partial charge in [-0.1, -0.05) is 12.1 Å². The highest BCUT2D eigenvalue weighted by Gasteiger charge is 2.04. The number of ether oxygens (including phenoxy) is 1. The predicted octanol–water partition coefficient (Wildman–Crippen LogP) is 3.46. The number of methoxy groups -OCH3 is 1. The van der Waals surface area contributed by atoms with Crippen molar-refractivity contribution in [3.8, 4) is 5.75 Å². The molecule has 0 heterocycles. The zero-order chi connectivity index (χ0) is 15.2. The Morgan fingerprint density at radius 2 is 1.95 bits per heavy atom. The normalized spacial score (nSPS) is 10.0. The summed E-state index contributed by atoms with van der Waals surface area (Å²) >= 11 is 5.10. The number of nitrogens with one attached hydrogen (secondary N) is 2. The molecular formula is C15H14F2N2OS. The molecule has 110 valence electrons. The molecule has 2 aromatic carbocycles. The second-order valence-electron chi connectivity index (χ2n) is 4.29. The quantitative estimate of drug-likeness (QED) is 0.848. The van der Waals surface area contributed by atoms with E-state index in [1.807, 2.05) is 24.3 Å². The van der Waals surface area contributed by atoms with Crippen LogP contribution in [0.2, 0.25) is 0 Å². The van der Waals surface area contributed by atoms with Crippen LogP contribution in [-0.2, 0) is 6.54 Å². The molecule has 0 aliphatic heterocycles. The average Bonchev–Trinajstić information content (AvgIpc) is 2.49. The van der Waals surface area contributed by atoms with Crippen molar-refractivity contribution in [1.29, 1.82) is 0 Å². The molecular weight excluding hydrogens is 294 g/mol. The first-order valence-corrected chi connectivity index (χ1v) is 6.62. The van der Waals surface area contributed by atoms with Crippen LogP contribution in [0.5, 0.6) is 5.75 Å². The highest BCUT2D eigenvalue weighted by molar-refractivity contribution is 7.80. The molecule has 0 bridgehead atoms. The van der Waals surface area contributed by atoms with Crippen molar-refractivity contribution in [2.45, 2.75) is 6.54 Å². The van der Waals surface area contributed by atoms with Crippen molar-refractivity contribution in [2.75, 3.05) is 12.4 Å². The maximum atomic E-state index is 13.1. The number of hydrogen-bond donors (Lipinski definition) is 2. The second kappa shape index (κ2) is 6.99. The maximum absolute atomic E-state index is 13.1. The van der Waals surface area contributed by atoms with E-state index in [1.54, 1.807) is 7.11 Å². The fraction of sp³-hybridized carbons (Fsp3) is 0.133. The van der Waals surface area contributed by atoms with Gasteiger partial charge in [0, 0.05) is 18.3 Å². The van der Waals surface area contributed by atoms with Crippen LogP contribution >= 0.6 is 12.2 Å². The van der Waals surface area contributed by atoms with Crippen LogP contribution in [0.1, 0.15) is 5.56 Å². The molecule has 0 fully saturated rings. The molecule has 2 rings (SSSR count). The fourth-order valence-corrected chi connectivity index (χ4v) is 1.90. The van der Waals surface area contributed by atoms with E-state index in [0.717, 1.165) is 23.4 Å². The van der Waals surface area contributed by atoms with Gasteiger partial charge in [0.1, 0.15) is 5.75 Å². The van der Waals surface area contributed by atoms with E-state index in [-0.39, 0.29) is 0 Å². The zero-order valence-electron chi connectivity index (χ0n) is 11.3. The molecule has 2 N–H and O–H groups in total.